The van der Waals surface area contributed by atoms with E-state index in [1.807, 2.05) is 19.1 Å². The quantitative estimate of drug-likeness (QED) is 0.828. The van der Waals surface area contributed by atoms with Crippen molar-refractivity contribution < 1.29 is 8.42 Å². The van der Waals surface area contributed by atoms with Gasteiger partial charge in [-0.2, -0.15) is 17.0 Å². The summed E-state index contributed by atoms with van der Waals surface area (Å²) in [5, 5.41) is 3.78. The van der Waals surface area contributed by atoms with Crippen molar-refractivity contribution >= 4 is 27.6 Å². The average Bonchev–Trinajstić information content (AvgIpc) is 2.44. The Bertz CT molecular complexity index is 593. The molecule has 1 saturated heterocycles. The summed E-state index contributed by atoms with van der Waals surface area (Å²) in [6.45, 7) is 3.88. The number of nitrogens with zero attached hydrogens (tertiary/aromatic N) is 3. The summed E-state index contributed by atoms with van der Waals surface area (Å²) in [6.07, 6.45) is 1.69. The minimum absolute atomic E-state index is 0.440. The van der Waals surface area contributed by atoms with E-state index in [1.54, 1.807) is 18.4 Å². The Morgan fingerprint density at radius 2 is 2.00 bits per heavy atom. The number of aromatic nitrogens is 1. The first-order valence-electron chi connectivity index (χ1n) is 7.34. The van der Waals surface area contributed by atoms with Crippen molar-refractivity contribution in [1.82, 2.24) is 13.6 Å². The normalized spacial score (nSPS) is 17.9. The maximum absolute atomic E-state index is 12.1. The van der Waals surface area contributed by atoms with E-state index in [9.17, 15) is 8.42 Å². The third-order valence-electron chi connectivity index (χ3n) is 3.87. The molecule has 2 rings (SSSR count). The number of pyridine rings is 1. The molecule has 1 aromatic rings. The van der Waals surface area contributed by atoms with E-state index in [-0.39, 0.29) is 0 Å². The van der Waals surface area contributed by atoms with Gasteiger partial charge in [-0.1, -0.05) is 11.6 Å². The Labute approximate surface area is 137 Å². The van der Waals surface area contributed by atoms with E-state index in [0.29, 0.717) is 24.2 Å². The molecule has 1 aliphatic rings. The monoisotopic (exact) mass is 346 g/mol. The molecule has 1 N–H and O–H groups in total. The number of halogens is 1. The van der Waals surface area contributed by atoms with E-state index in [4.69, 9.17) is 11.6 Å². The largest absolute Gasteiger partial charge is 0.370 e. The van der Waals surface area contributed by atoms with E-state index < -0.39 is 10.2 Å². The van der Waals surface area contributed by atoms with Gasteiger partial charge in [-0.25, -0.2) is 4.98 Å². The first-order valence-corrected chi connectivity index (χ1v) is 9.12. The molecule has 0 saturated carbocycles. The molecule has 0 spiro atoms. The van der Waals surface area contributed by atoms with Crippen molar-refractivity contribution in [1.29, 1.82) is 0 Å². The molecule has 2 heterocycles. The summed E-state index contributed by atoms with van der Waals surface area (Å²) in [6, 6.07) is 3.77. The molecule has 6 nitrogen and oxygen atoms in total. The van der Waals surface area contributed by atoms with Crippen LogP contribution in [0.25, 0.3) is 0 Å². The number of rotatable bonds is 5. The van der Waals surface area contributed by atoms with Crippen LogP contribution in [0.4, 0.5) is 5.82 Å². The molecule has 0 aliphatic carbocycles. The molecule has 0 bridgehead atoms. The fourth-order valence-corrected chi connectivity index (χ4v) is 3.94. The standard InChI is InChI=1S/C14H23ClN4O2S/c1-11-8-13(15)17-14(9-11)16-10-12-4-6-19(7-5-12)22(20,21)18(2)3/h8-9,12H,4-7,10H2,1-3H3,(H,16,17). The second-order valence-electron chi connectivity index (χ2n) is 5.87. The molecule has 1 aliphatic heterocycles. The summed E-state index contributed by atoms with van der Waals surface area (Å²) >= 11 is 5.94. The van der Waals surface area contributed by atoms with Gasteiger partial charge in [0.05, 0.1) is 0 Å². The summed E-state index contributed by atoms with van der Waals surface area (Å²) in [7, 11) is -0.154. The van der Waals surface area contributed by atoms with Gasteiger partial charge in [0.2, 0.25) is 0 Å². The minimum Gasteiger partial charge on any atom is -0.370 e. The Hall–Kier alpha value is -0.890. The first-order chi connectivity index (χ1) is 10.3. The Kier molecular flexibility index (Phi) is 5.65. The number of anilines is 1. The molecule has 0 atom stereocenters. The number of aryl methyl sites for hydroxylation is 1. The van der Waals surface area contributed by atoms with Gasteiger partial charge in [0.1, 0.15) is 11.0 Å². The zero-order valence-electron chi connectivity index (χ0n) is 13.2. The number of nitrogens with one attached hydrogen (secondary N) is 1. The lowest BCUT2D eigenvalue weighted by Gasteiger charge is -2.32. The second-order valence-corrected chi connectivity index (χ2v) is 8.40. The molecule has 0 aromatic carbocycles. The van der Waals surface area contributed by atoms with Crippen molar-refractivity contribution in [2.45, 2.75) is 19.8 Å². The molecule has 124 valence electrons. The molecular formula is C14H23ClN4O2S. The van der Waals surface area contributed by atoms with Crippen LogP contribution >= 0.6 is 11.6 Å². The highest BCUT2D eigenvalue weighted by Crippen LogP contribution is 2.21. The maximum Gasteiger partial charge on any atom is 0.281 e. The van der Waals surface area contributed by atoms with Crippen LogP contribution in [0, 0.1) is 12.8 Å². The smallest absolute Gasteiger partial charge is 0.281 e. The summed E-state index contributed by atoms with van der Waals surface area (Å²) in [5.41, 5.74) is 1.06. The second kappa shape index (κ2) is 7.12. The van der Waals surface area contributed by atoms with E-state index in [0.717, 1.165) is 30.8 Å². The average molecular weight is 347 g/mol. The van der Waals surface area contributed by atoms with Gasteiger partial charge in [-0.3, -0.25) is 0 Å². The van der Waals surface area contributed by atoms with Gasteiger partial charge in [-0.05, 0) is 43.4 Å². The van der Waals surface area contributed by atoms with Gasteiger partial charge >= 0.3 is 0 Å². The Morgan fingerprint density at radius 1 is 1.36 bits per heavy atom. The van der Waals surface area contributed by atoms with Crippen LogP contribution in [0.1, 0.15) is 18.4 Å². The van der Waals surface area contributed by atoms with Crippen molar-refractivity contribution in [2.75, 3.05) is 39.0 Å². The molecule has 1 fully saturated rings. The summed E-state index contributed by atoms with van der Waals surface area (Å²) in [4.78, 5) is 4.24. The highest BCUT2D eigenvalue weighted by atomic mass is 35.5. The molecule has 1 aromatic heterocycles. The fraction of sp³-hybridized carbons (Fsp3) is 0.643. The van der Waals surface area contributed by atoms with Crippen molar-refractivity contribution in [3.63, 3.8) is 0 Å². The predicted molar refractivity (Wildman–Crippen MR) is 89.4 cm³/mol. The van der Waals surface area contributed by atoms with Crippen LogP contribution in [-0.2, 0) is 10.2 Å². The van der Waals surface area contributed by atoms with Crippen LogP contribution in [-0.4, -0.2) is 55.7 Å². The van der Waals surface area contributed by atoms with Crippen LogP contribution in [0.15, 0.2) is 12.1 Å². The molecule has 0 unspecified atom stereocenters. The van der Waals surface area contributed by atoms with Gasteiger partial charge in [0.25, 0.3) is 10.2 Å². The van der Waals surface area contributed by atoms with Crippen LogP contribution < -0.4 is 5.32 Å². The first kappa shape index (κ1) is 17.5. The van der Waals surface area contributed by atoms with Gasteiger partial charge in [0.15, 0.2) is 0 Å². The zero-order chi connectivity index (χ0) is 16.3. The van der Waals surface area contributed by atoms with E-state index in [2.05, 4.69) is 10.3 Å². The van der Waals surface area contributed by atoms with Gasteiger partial charge in [0, 0.05) is 33.7 Å². The number of hydrogen-bond donors (Lipinski definition) is 1. The van der Waals surface area contributed by atoms with Crippen LogP contribution in [0.2, 0.25) is 5.15 Å². The molecule has 22 heavy (non-hydrogen) atoms. The molecule has 0 amide bonds. The maximum atomic E-state index is 12.1. The third-order valence-corrected chi connectivity index (χ3v) is 6.01. The van der Waals surface area contributed by atoms with Crippen molar-refractivity contribution in [3.8, 4) is 0 Å². The van der Waals surface area contributed by atoms with Crippen molar-refractivity contribution in [2.24, 2.45) is 5.92 Å². The fourth-order valence-electron chi connectivity index (χ4n) is 2.54. The lowest BCUT2D eigenvalue weighted by atomic mass is 9.98. The highest BCUT2D eigenvalue weighted by molar-refractivity contribution is 7.86. The highest BCUT2D eigenvalue weighted by Gasteiger charge is 2.29. The third kappa shape index (κ3) is 4.32. The summed E-state index contributed by atoms with van der Waals surface area (Å²) < 4.78 is 26.9. The zero-order valence-corrected chi connectivity index (χ0v) is 14.8. The molecular weight excluding hydrogens is 324 g/mol. The summed E-state index contributed by atoms with van der Waals surface area (Å²) in [5.74, 6) is 1.21. The Morgan fingerprint density at radius 3 is 2.55 bits per heavy atom. The van der Waals surface area contributed by atoms with Gasteiger partial charge < -0.3 is 5.32 Å². The molecule has 8 heteroatoms. The van der Waals surface area contributed by atoms with Crippen LogP contribution in [0.3, 0.4) is 0 Å². The number of piperidine rings is 1. The lowest BCUT2D eigenvalue weighted by Crippen LogP contribution is -2.45. The van der Waals surface area contributed by atoms with E-state index >= 15 is 0 Å². The van der Waals surface area contributed by atoms with Gasteiger partial charge in [-0.15, -0.1) is 0 Å². The minimum atomic E-state index is -3.29. The lowest BCUT2D eigenvalue weighted by molar-refractivity contribution is 0.270. The molecule has 0 radical (unpaired) electrons. The van der Waals surface area contributed by atoms with Crippen molar-refractivity contribution in [3.05, 3.63) is 22.8 Å². The van der Waals surface area contributed by atoms with E-state index in [1.165, 1.54) is 4.31 Å². The number of hydrogen-bond acceptors (Lipinski definition) is 4. The SMILES string of the molecule is Cc1cc(Cl)nc(NCC2CCN(S(=O)(=O)N(C)C)CC2)c1. The Balaban J connectivity index is 1.85. The topological polar surface area (TPSA) is 65.5 Å². The predicted octanol–water partition coefficient (Wildman–Crippen LogP) is 1.97. The van der Waals surface area contributed by atoms with Crippen LogP contribution in [0.5, 0.6) is 0 Å².